The van der Waals surface area contributed by atoms with Crippen molar-refractivity contribution in [3.8, 4) is 0 Å². The van der Waals surface area contributed by atoms with E-state index < -0.39 is 6.10 Å². The second kappa shape index (κ2) is 6.53. The fraction of sp³-hybridized carbons (Fsp3) is 0.647. The van der Waals surface area contributed by atoms with Crippen molar-refractivity contribution in [1.82, 2.24) is 5.32 Å². The quantitative estimate of drug-likeness (QED) is 0.851. The highest BCUT2D eigenvalue weighted by molar-refractivity contribution is 5.45. The predicted molar refractivity (Wildman–Crippen MR) is 82.7 cm³/mol. The van der Waals surface area contributed by atoms with Crippen LogP contribution < -0.4 is 5.32 Å². The molecule has 2 heteroatoms. The van der Waals surface area contributed by atoms with Crippen molar-refractivity contribution in [3.05, 3.63) is 33.9 Å². The molecule has 1 rings (SSSR count). The van der Waals surface area contributed by atoms with Gasteiger partial charge >= 0.3 is 0 Å². The summed E-state index contributed by atoms with van der Waals surface area (Å²) in [5.74, 6) is 0.398. The van der Waals surface area contributed by atoms with Gasteiger partial charge in [-0.25, -0.2) is 0 Å². The van der Waals surface area contributed by atoms with Crippen LogP contribution in [0, 0.1) is 33.6 Å². The third kappa shape index (κ3) is 3.37. The van der Waals surface area contributed by atoms with Crippen LogP contribution in [-0.2, 0) is 0 Å². The molecule has 19 heavy (non-hydrogen) atoms. The van der Waals surface area contributed by atoms with Gasteiger partial charge in [-0.1, -0.05) is 26.8 Å². The van der Waals surface area contributed by atoms with Gasteiger partial charge in [0.25, 0.3) is 0 Å². The largest absolute Gasteiger partial charge is 0.387 e. The van der Waals surface area contributed by atoms with Crippen LogP contribution in [0.1, 0.15) is 54.7 Å². The zero-order chi connectivity index (χ0) is 14.7. The summed E-state index contributed by atoms with van der Waals surface area (Å²) in [7, 11) is 0. The molecule has 0 saturated carbocycles. The molecule has 2 atom stereocenters. The van der Waals surface area contributed by atoms with Gasteiger partial charge in [0.2, 0.25) is 0 Å². The Kier molecular flexibility index (Phi) is 5.57. The van der Waals surface area contributed by atoms with Gasteiger partial charge in [-0.3, -0.25) is 0 Å². The summed E-state index contributed by atoms with van der Waals surface area (Å²) in [5, 5.41) is 14.3. The molecule has 0 spiro atoms. The lowest BCUT2D eigenvalue weighted by Gasteiger charge is -2.30. The summed E-state index contributed by atoms with van der Waals surface area (Å²) in [4.78, 5) is 0. The minimum absolute atomic E-state index is 0.101. The molecule has 0 radical (unpaired) electrons. The fourth-order valence-corrected chi connectivity index (χ4v) is 2.82. The SMILES string of the molecule is CCNC(C(C)C)C(O)c1c(C)c(C)cc(C)c1C. The topological polar surface area (TPSA) is 32.3 Å². The monoisotopic (exact) mass is 263 g/mol. The van der Waals surface area contributed by atoms with Crippen LogP contribution in [0.3, 0.4) is 0 Å². The Bertz CT molecular complexity index is 411. The molecule has 0 fully saturated rings. The number of benzene rings is 1. The summed E-state index contributed by atoms with van der Waals surface area (Å²) in [6.07, 6.45) is -0.446. The average Bonchev–Trinajstić information content (AvgIpc) is 2.33. The van der Waals surface area contributed by atoms with E-state index in [2.05, 4.69) is 59.8 Å². The van der Waals surface area contributed by atoms with E-state index in [4.69, 9.17) is 0 Å². The lowest BCUT2D eigenvalue weighted by Crippen LogP contribution is -2.39. The lowest BCUT2D eigenvalue weighted by atomic mass is 9.85. The van der Waals surface area contributed by atoms with Crippen LogP contribution in [0.5, 0.6) is 0 Å². The number of aryl methyl sites for hydroxylation is 2. The maximum atomic E-state index is 10.8. The number of nitrogens with one attached hydrogen (secondary N) is 1. The van der Waals surface area contributed by atoms with E-state index in [0.29, 0.717) is 5.92 Å². The molecule has 0 aliphatic heterocycles. The van der Waals surface area contributed by atoms with Gasteiger partial charge in [-0.05, 0) is 68.0 Å². The Labute approximate surface area is 118 Å². The number of aliphatic hydroxyl groups excluding tert-OH is 1. The van der Waals surface area contributed by atoms with Gasteiger partial charge in [-0.15, -0.1) is 0 Å². The van der Waals surface area contributed by atoms with Crippen molar-refractivity contribution >= 4 is 0 Å². The first kappa shape index (κ1) is 16.2. The molecule has 1 aromatic carbocycles. The molecule has 1 aromatic rings. The van der Waals surface area contributed by atoms with Gasteiger partial charge in [0.15, 0.2) is 0 Å². The molecule has 2 nitrogen and oxygen atoms in total. The Hall–Kier alpha value is -0.860. The molecule has 0 bridgehead atoms. The summed E-state index contributed by atoms with van der Waals surface area (Å²) in [5.41, 5.74) is 6.07. The molecule has 0 amide bonds. The van der Waals surface area contributed by atoms with Crippen molar-refractivity contribution in [1.29, 1.82) is 0 Å². The van der Waals surface area contributed by atoms with Crippen molar-refractivity contribution in [2.75, 3.05) is 6.54 Å². The molecule has 2 unspecified atom stereocenters. The second-order valence-electron chi connectivity index (χ2n) is 5.95. The van der Waals surface area contributed by atoms with Crippen LogP contribution in [0.15, 0.2) is 6.07 Å². The third-order valence-electron chi connectivity index (χ3n) is 4.22. The summed E-state index contributed by atoms with van der Waals surface area (Å²) in [6, 6.07) is 2.31. The average molecular weight is 263 g/mol. The van der Waals surface area contributed by atoms with Crippen molar-refractivity contribution in [3.63, 3.8) is 0 Å². The minimum Gasteiger partial charge on any atom is -0.387 e. The zero-order valence-corrected chi connectivity index (χ0v) is 13.5. The number of rotatable bonds is 5. The first-order valence-electron chi connectivity index (χ1n) is 7.29. The van der Waals surface area contributed by atoms with E-state index in [1.165, 1.54) is 22.3 Å². The van der Waals surface area contributed by atoms with Gasteiger partial charge in [0, 0.05) is 6.04 Å². The van der Waals surface area contributed by atoms with Gasteiger partial charge in [-0.2, -0.15) is 0 Å². The molecule has 0 aliphatic rings. The minimum atomic E-state index is -0.446. The number of hydrogen-bond donors (Lipinski definition) is 2. The summed E-state index contributed by atoms with van der Waals surface area (Å²) in [6.45, 7) is 15.7. The van der Waals surface area contributed by atoms with E-state index in [0.717, 1.165) is 12.1 Å². The molecule has 0 heterocycles. The highest BCUT2D eigenvalue weighted by atomic mass is 16.3. The van der Waals surface area contributed by atoms with E-state index in [1.807, 2.05) is 0 Å². The molecule has 108 valence electrons. The Balaban J connectivity index is 3.28. The Morgan fingerprint density at radius 3 is 1.89 bits per heavy atom. The molecule has 2 N–H and O–H groups in total. The highest BCUT2D eigenvalue weighted by Gasteiger charge is 2.26. The van der Waals surface area contributed by atoms with Gasteiger partial charge < -0.3 is 10.4 Å². The summed E-state index contributed by atoms with van der Waals surface area (Å²) >= 11 is 0. The maximum absolute atomic E-state index is 10.8. The molecular formula is C17H29NO. The smallest absolute Gasteiger partial charge is 0.0950 e. The highest BCUT2D eigenvalue weighted by Crippen LogP contribution is 2.31. The third-order valence-corrected chi connectivity index (χ3v) is 4.22. The van der Waals surface area contributed by atoms with Crippen molar-refractivity contribution < 1.29 is 5.11 Å². The van der Waals surface area contributed by atoms with E-state index in [-0.39, 0.29) is 6.04 Å². The predicted octanol–water partition coefficient (Wildman–Crippen LogP) is 3.59. The van der Waals surface area contributed by atoms with Crippen LogP contribution in [-0.4, -0.2) is 17.7 Å². The summed E-state index contributed by atoms with van der Waals surface area (Å²) < 4.78 is 0. The Morgan fingerprint density at radius 1 is 1.05 bits per heavy atom. The van der Waals surface area contributed by atoms with Crippen LogP contribution in [0.2, 0.25) is 0 Å². The maximum Gasteiger partial charge on any atom is 0.0950 e. The van der Waals surface area contributed by atoms with Gasteiger partial charge in [0.1, 0.15) is 0 Å². The molecule has 0 aliphatic carbocycles. The second-order valence-corrected chi connectivity index (χ2v) is 5.95. The standard InChI is InChI=1S/C17H29NO/c1-8-18-16(10(2)3)17(19)15-13(6)11(4)9-12(5)14(15)7/h9-10,16-19H,8H2,1-7H3. The lowest BCUT2D eigenvalue weighted by molar-refractivity contribution is 0.105. The number of hydrogen-bond acceptors (Lipinski definition) is 2. The number of aliphatic hydroxyl groups is 1. The normalized spacial score (nSPS) is 14.8. The molecular weight excluding hydrogens is 234 g/mol. The van der Waals surface area contributed by atoms with Crippen molar-refractivity contribution in [2.24, 2.45) is 5.92 Å². The van der Waals surface area contributed by atoms with E-state index >= 15 is 0 Å². The molecule has 0 aromatic heterocycles. The Morgan fingerprint density at radius 2 is 1.53 bits per heavy atom. The molecule has 0 saturated heterocycles. The van der Waals surface area contributed by atoms with Crippen LogP contribution >= 0.6 is 0 Å². The van der Waals surface area contributed by atoms with E-state index in [9.17, 15) is 5.11 Å². The first-order chi connectivity index (χ1) is 8.81. The first-order valence-corrected chi connectivity index (χ1v) is 7.29. The fourth-order valence-electron chi connectivity index (χ4n) is 2.82. The van der Waals surface area contributed by atoms with Crippen molar-refractivity contribution in [2.45, 2.75) is 60.6 Å². The number of likely N-dealkylation sites (N-methyl/N-ethyl adjacent to an activating group) is 1. The van der Waals surface area contributed by atoms with Crippen LogP contribution in [0.25, 0.3) is 0 Å². The zero-order valence-electron chi connectivity index (χ0n) is 13.5. The van der Waals surface area contributed by atoms with E-state index in [1.54, 1.807) is 0 Å². The van der Waals surface area contributed by atoms with Crippen LogP contribution in [0.4, 0.5) is 0 Å². The van der Waals surface area contributed by atoms with Gasteiger partial charge in [0.05, 0.1) is 6.10 Å².